The SMILES string of the molecule is O=C([O-])[C@@H]1C[C@H]2CCCC[C@@H]2C[NH2+]1. The first kappa shape index (κ1) is 9.00. The molecule has 2 rings (SSSR count). The molecule has 2 aliphatic rings. The lowest BCUT2D eigenvalue weighted by Crippen LogP contribution is -2.96. The highest BCUT2D eigenvalue weighted by molar-refractivity contribution is 5.69. The van der Waals surface area contributed by atoms with E-state index >= 15 is 0 Å². The topological polar surface area (TPSA) is 56.7 Å². The number of carbonyl (C=O) groups is 1. The van der Waals surface area contributed by atoms with E-state index in [1.165, 1.54) is 25.7 Å². The molecule has 13 heavy (non-hydrogen) atoms. The van der Waals surface area contributed by atoms with Crippen LogP contribution in [0.15, 0.2) is 0 Å². The minimum absolute atomic E-state index is 0.264. The number of fused-ring (bicyclic) bond motifs is 1. The third-order valence-electron chi connectivity index (χ3n) is 3.65. The first-order valence-corrected chi connectivity index (χ1v) is 5.31. The Morgan fingerprint density at radius 3 is 2.62 bits per heavy atom. The van der Waals surface area contributed by atoms with Crippen LogP contribution in [0.25, 0.3) is 0 Å². The Morgan fingerprint density at radius 2 is 1.92 bits per heavy atom. The summed E-state index contributed by atoms with van der Waals surface area (Å²) in [6.07, 6.45) is 6.02. The molecule has 3 nitrogen and oxygen atoms in total. The van der Waals surface area contributed by atoms with E-state index in [0.29, 0.717) is 5.92 Å². The van der Waals surface area contributed by atoms with Gasteiger partial charge in [0.15, 0.2) is 0 Å². The molecule has 0 unspecified atom stereocenters. The largest absolute Gasteiger partial charge is 0.544 e. The van der Waals surface area contributed by atoms with Gasteiger partial charge in [0.2, 0.25) is 0 Å². The van der Waals surface area contributed by atoms with Crippen molar-refractivity contribution in [3.63, 3.8) is 0 Å². The highest BCUT2D eigenvalue weighted by atomic mass is 16.4. The van der Waals surface area contributed by atoms with Crippen molar-refractivity contribution in [1.82, 2.24) is 0 Å². The molecule has 0 amide bonds. The zero-order chi connectivity index (χ0) is 9.26. The number of nitrogens with two attached hydrogens (primary N) is 1. The number of carboxylic acids is 1. The van der Waals surface area contributed by atoms with Gasteiger partial charge < -0.3 is 15.2 Å². The number of carbonyl (C=O) groups excluding carboxylic acids is 1. The summed E-state index contributed by atoms with van der Waals surface area (Å²) in [5, 5.41) is 12.6. The predicted molar refractivity (Wildman–Crippen MR) is 45.7 cm³/mol. The minimum atomic E-state index is -0.871. The third-order valence-corrected chi connectivity index (χ3v) is 3.65. The first-order chi connectivity index (χ1) is 6.27. The lowest BCUT2D eigenvalue weighted by molar-refractivity contribution is -0.700. The molecule has 3 heteroatoms. The molecule has 1 saturated heterocycles. The van der Waals surface area contributed by atoms with E-state index in [4.69, 9.17) is 0 Å². The van der Waals surface area contributed by atoms with Gasteiger partial charge in [-0.2, -0.15) is 0 Å². The molecule has 3 atom stereocenters. The Hall–Kier alpha value is -0.570. The fourth-order valence-electron chi connectivity index (χ4n) is 2.86. The summed E-state index contributed by atoms with van der Waals surface area (Å²) >= 11 is 0. The third kappa shape index (κ3) is 1.85. The van der Waals surface area contributed by atoms with E-state index in [1.807, 2.05) is 5.32 Å². The monoisotopic (exact) mass is 183 g/mol. The molecule has 2 fully saturated rings. The lowest BCUT2D eigenvalue weighted by atomic mass is 9.74. The number of quaternary nitrogens is 1. The van der Waals surface area contributed by atoms with Crippen molar-refractivity contribution in [2.24, 2.45) is 11.8 Å². The van der Waals surface area contributed by atoms with Crippen LogP contribution in [0.2, 0.25) is 0 Å². The van der Waals surface area contributed by atoms with Gasteiger partial charge in [-0.05, 0) is 18.8 Å². The summed E-state index contributed by atoms with van der Waals surface area (Å²) in [5.74, 6) is 0.579. The van der Waals surface area contributed by atoms with Crippen LogP contribution in [0.4, 0.5) is 0 Å². The quantitative estimate of drug-likeness (QED) is 0.560. The fraction of sp³-hybridized carbons (Fsp3) is 0.900. The Bertz CT molecular complexity index is 205. The van der Waals surface area contributed by atoms with Crippen molar-refractivity contribution in [2.45, 2.75) is 38.1 Å². The molecule has 1 heterocycles. The van der Waals surface area contributed by atoms with Crippen LogP contribution in [-0.4, -0.2) is 18.6 Å². The van der Waals surface area contributed by atoms with Gasteiger partial charge in [0.05, 0.1) is 12.5 Å². The number of hydrogen-bond acceptors (Lipinski definition) is 2. The number of hydrogen-bond donors (Lipinski definition) is 1. The van der Waals surface area contributed by atoms with Gasteiger partial charge in [0.25, 0.3) is 0 Å². The second-order valence-corrected chi connectivity index (χ2v) is 4.44. The minimum Gasteiger partial charge on any atom is -0.544 e. The molecule has 0 aromatic rings. The van der Waals surface area contributed by atoms with Crippen LogP contribution in [0.1, 0.15) is 32.1 Å². The van der Waals surface area contributed by atoms with Crippen molar-refractivity contribution in [1.29, 1.82) is 0 Å². The van der Waals surface area contributed by atoms with Gasteiger partial charge in [0.1, 0.15) is 6.04 Å². The molecule has 0 aromatic carbocycles. The van der Waals surface area contributed by atoms with Gasteiger partial charge in [-0.25, -0.2) is 0 Å². The van der Waals surface area contributed by atoms with E-state index in [1.54, 1.807) is 0 Å². The van der Waals surface area contributed by atoms with Gasteiger partial charge >= 0.3 is 0 Å². The summed E-state index contributed by atoms with van der Waals surface area (Å²) in [6, 6.07) is -0.264. The Kier molecular flexibility index (Phi) is 2.54. The first-order valence-electron chi connectivity index (χ1n) is 5.31. The van der Waals surface area contributed by atoms with E-state index in [0.717, 1.165) is 18.9 Å². The van der Waals surface area contributed by atoms with E-state index in [9.17, 15) is 9.90 Å². The second-order valence-electron chi connectivity index (χ2n) is 4.44. The molecule has 2 N–H and O–H groups in total. The van der Waals surface area contributed by atoms with Gasteiger partial charge in [-0.15, -0.1) is 0 Å². The average Bonchev–Trinajstić information content (AvgIpc) is 2.17. The summed E-state index contributed by atoms with van der Waals surface area (Å²) in [5.41, 5.74) is 0. The summed E-state index contributed by atoms with van der Waals surface area (Å²) in [6.45, 7) is 1.00. The predicted octanol–water partition coefficient (Wildman–Crippen LogP) is -1.12. The Morgan fingerprint density at radius 1 is 1.23 bits per heavy atom. The average molecular weight is 183 g/mol. The summed E-state index contributed by atoms with van der Waals surface area (Å²) < 4.78 is 0. The lowest BCUT2D eigenvalue weighted by Gasteiger charge is -2.37. The molecule has 1 aliphatic heterocycles. The van der Waals surface area contributed by atoms with Crippen molar-refractivity contribution in [2.75, 3.05) is 6.54 Å². The molecule has 1 aliphatic carbocycles. The highest BCUT2D eigenvalue weighted by Crippen LogP contribution is 2.33. The number of rotatable bonds is 1. The smallest absolute Gasteiger partial charge is 0.126 e. The van der Waals surface area contributed by atoms with Crippen LogP contribution in [-0.2, 0) is 4.79 Å². The maximum absolute atomic E-state index is 10.7. The van der Waals surface area contributed by atoms with Gasteiger partial charge in [0, 0.05) is 12.3 Å². The molecule has 0 bridgehead atoms. The Balaban J connectivity index is 1.95. The molecule has 74 valence electrons. The molecule has 1 saturated carbocycles. The van der Waals surface area contributed by atoms with Crippen molar-refractivity contribution in [3.8, 4) is 0 Å². The van der Waals surface area contributed by atoms with Crippen LogP contribution >= 0.6 is 0 Å². The zero-order valence-electron chi connectivity index (χ0n) is 7.87. The molecule has 0 spiro atoms. The van der Waals surface area contributed by atoms with Gasteiger partial charge in [-0.3, -0.25) is 0 Å². The van der Waals surface area contributed by atoms with E-state index in [2.05, 4.69) is 0 Å². The maximum atomic E-state index is 10.7. The standard InChI is InChI=1S/C10H17NO2/c12-10(13)9-5-7-3-1-2-4-8(7)6-11-9/h7-9,11H,1-6H2,(H,12,13)/t7-,8-,9+/m1/s1. The molecular weight excluding hydrogens is 166 g/mol. The van der Waals surface area contributed by atoms with Crippen LogP contribution in [0.3, 0.4) is 0 Å². The van der Waals surface area contributed by atoms with Crippen molar-refractivity contribution >= 4 is 5.97 Å². The second kappa shape index (κ2) is 3.66. The fourth-order valence-corrected chi connectivity index (χ4v) is 2.86. The highest BCUT2D eigenvalue weighted by Gasteiger charge is 2.34. The van der Waals surface area contributed by atoms with E-state index in [-0.39, 0.29) is 6.04 Å². The molecule has 0 radical (unpaired) electrons. The van der Waals surface area contributed by atoms with Crippen LogP contribution < -0.4 is 10.4 Å². The summed E-state index contributed by atoms with van der Waals surface area (Å²) in [4.78, 5) is 10.7. The zero-order valence-corrected chi connectivity index (χ0v) is 7.87. The van der Waals surface area contributed by atoms with Crippen LogP contribution in [0, 0.1) is 11.8 Å². The number of aliphatic carboxylic acids is 1. The summed E-state index contributed by atoms with van der Waals surface area (Å²) in [7, 11) is 0. The van der Waals surface area contributed by atoms with Crippen molar-refractivity contribution < 1.29 is 15.2 Å². The molecular formula is C10H17NO2. The van der Waals surface area contributed by atoms with Gasteiger partial charge in [-0.1, -0.05) is 12.8 Å². The van der Waals surface area contributed by atoms with Crippen molar-refractivity contribution in [3.05, 3.63) is 0 Å². The number of carboxylic acid groups (broad SMARTS) is 1. The molecule has 0 aromatic heterocycles. The number of piperidine rings is 1. The maximum Gasteiger partial charge on any atom is 0.126 e. The normalized spacial score (nSPS) is 39.5. The Labute approximate surface area is 78.5 Å². The van der Waals surface area contributed by atoms with Crippen LogP contribution in [0.5, 0.6) is 0 Å². The van der Waals surface area contributed by atoms with E-state index < -0.39 is 5.97 Å².